The molecule has 0 saturated carbocycles. The zero-order chi connectivity index (χ0) is 27.1. The molecule has 0 radical (unpaired) electrons. The van der Waals surface area contributed by atoms with Gasteiger partial charge in [-0.3, -0.25) is 9.36 Å². The molecule has 1 aliphatic carbocycles. The maximum Gasteiger partial charge on any atom is 0.347 e. The van der Waals surface area contributed by atoms with E-state index in [1.165, 1.54) is 20.4 Å². The summed E-state index contributed by atoms with van der Waals surface area (Å²) in [7, 11) is 0. The lowest BCUT2D eigenvalue weighted by atomic mass is 9.75. The summed E-state index contributed by atoms with van der Waals surface area (Å²) in [5, 5.41) is 22.1. The van der Waals surface area contributed by atoms with Crippen molar-refractivity contribution in [2.24, 2.45) is 5.10 Å². The summed E-state index contributed by atoms with van der Waals surface area (Å²) in [6, 6.07) is 23.2. The Morgan fingerprint density at radius 1 is 0.974 bits per heavy atom. The molecule has 2 heterocycles. The molecule has 0 unspecified atom stereocenters. The molecule has 6 rings (SSSR count). The number of anilines is 1. The van der Waals surface area contributed by atoms with E-state index in [0.717, 1.165) is 29.7 Å². The summed E-state index contributed by atoms with van der Waals surface area (Å²) >= 11 is 12.2. The maximum atomic E-state index is 13.5. The summed E-state index contributed by atoms with van der Waals surface area (Å²) in [6.07, 6.45) is 1.55. The molecule has 2 aliphatic rings. The fraction of sp³-hybridized carbons (Fsp3) is 0.241. The van der Waals surface area contributed by atoms with Crippen LogP contribution in [0.25, 0.3) is 0 Å². The number of nitrogens with zero attached hydrogens (tertiary/aromatic N) is 5. The third-order valence-electron chi connectivity index (χ3n) is 7.49. The normalized spacial score (nSPS) is 18.0. The van der Waals surface area contributed by atoms with Gasteiger partial charge in [0.25, 0.3) is 0 Å². The number of halogens is 2. The fourth-order valence-electron chi connectivity index (χ4n) is 5.63. The molecular formula is C29H25Cl2N5O3. The molecule has 1 N–H and O–H groups in total. The number of carboxylic acid groups (broad SMARTS) is 1. The third kappa shape index (κ3) is 4.64. The second kappa shape index (κ2) is 10.0. The smallest absolute Gasteiger partial charge is 0.347 e. The molecule has 39 heavy (non-hydrogen) atoms. The molecule has 8 nitrogen and oxygen atoms in total. The minimum atomic E-state index is -0.994. The van der Waals surface area contributed by atoms with Crippen LogP contribution in [0.5, 0.6) is 0 Å². The predicted octanol–water partition coefficient (Wildman–Crippen LogP) is 4.98. The Morgan fingerprint density at radius 3 is 2.38 bits per heavy atom. The van der Waals surface area contributed by atoms with E-state index >= 15 is 0 Å². The van der Waals surface area contributed by atoms with Crippen LogP contribution >= 0.6 is 23.2 Å². The summed E-state index contributed by atoms with van der Waals surface area (Å²) in [6.45, 7) is 0.682. The Morgan fingerprint density at radius 2 is 1.67 bits per heavy atom. The Hall–Kier alpha value is -3.88. The van der Waals surface area contributed by atoms with Gasteiger partial charge in [-0.25, -0.2) is 14.5 Å². The highest BCUT2D eigenvalue weighted by Crippen LogP contribution is 2.46. The average molecular weight is 562 g/mol. The van der Waals surface area contributed by atoms with Gasteiger partial charge in [0.05, 0.1) is 30.6 Å². The first-order valence-corrected chi connectivity index (χ1v) is 13.4. The van der Waals surface area contributed by atoms with E-state index in [1.54, 1.807) is 17.1 Å². The number of aliphatic carboxylic acids is 1. The lowest BCUT2D eigenvalue weighted by molar-refractivity contribution is -0.137. The van der Waals surface area contributed by atoms with E-state index < -0.39 is 17.1 Å². The first-order chi connectivity index (χ1) is 18.8. The molecule has 4 aromatic rings. The van der Waals surface area contributed by atoms with E-state index in [1.807, 2.05) is 48.5 Å². The fourth-order valence-corrected chi connectivity index (χ4v) is 5.88. The molecule has 0 amide bonds. The Kier molecular flexibility index (Phi) is 6.53. The molecule has 1 spiro atoms. The van der Waals surface area contributed by atoms with Crippen molar-refractivity contribution in [1.82, 2.24) is 14.3 Å². The van der Waals surface area contributed by atoms with E-state index in [-0.39, 0.29) is 19.5 Å². The van der Waals surface area contributed by atoms with Crippen LogP contribution in [0.3, 0.4) is 0 Å². The molecule has 10 heteroatoms. The molecule has 3 aromatic carbocycles. The average Bonchev–Trinajstić information content (AvgIpc) is 3.59. The van der Waals surface area contributed by atoms with Crippen molar-refractivity contribution in [2.75, 3.05) is 11.6 Å². The zero-order valence-electron chi connectivity index (χ0n) is 20.9. The molecule has 0 bridgehead atoms. The third-order valence-corrected chi connectivity index (χ3v) is 8.00. The number of carbonyl (C=O) groups is 1. The van der Waals surface area contributed by atoms with Gasteiger partial charge in [-0.05, 0) is 59.4 Å². The van der Waals surface area contributed by atoms with Gasteiger partial charge in [0.2, 0.25) is 5.95 Å². The minimum Gasteiger partial charge on any atom is -0.481 e. The molecule has 1 atom stereocenters. The van der Waals surface area contributed by atoms with E-state index in [4.69, 9.17) is 28.3 Å². The molecule has 1 aliphatic heterocycles. The van der Waals surface area contributed by atoms with Gasteiger partial charge >= 0.3 is 11.7 Å². The summed E-state index contributed by atoms with van der Waals surface area (Å²) in [4.78, 5) is 24.9. The largest absolute Gasteiger partial charge is 0.481 e. The second-order valence-electron chi connectivity index (χ2n) is 9.91. The Balaban J connectivity index is 1.46. The van der Waals surface area contributed by atoms with Crippen LogP contribution in [0.1, 0.15) is 35.1 Å². The highest BCUT2D eigenvalue weighted by atomic mass is 35.5. The van der Waals surface area contributed by atoms with E-state index in [9.17, 15) is 14.7 Å². The highest BCUT2D eigenvalue weighted by Gasteiger charge is 2.49. The number of carboxylic acids is 1. The monoisotopic (exact) mass is 561 g/mol. The Labute approximate surface area is 234 Å². The maximum absolute atomic E-state index is 13.5. The molecule has 0 saturated heterocycles. The number of benzene rings is 3. The van der Waals surface area contributed by atoms with Crippen LogP contribution in [0.4, 0.5) is 5.95 Å². The molecule has 1 aromatic heterocycles. The van der Waals surface area contributed by atoms with Crippen molar-refractivity contribution in [3.8, 4) is 0 Å². The van der Waals surface area contributed by atoms with Crippen LogP contribution < -0.4 is 10.7 Å². The van der Waals surface area contributed by atoms with Gasteiger partial charge < -0.3 is 5.11 Å². The zero-order valence-corrected chi connectivity index (χ0v) is 22.4. The second-order valence-corrected chi connectivity index (χ2v) is 10.8. The summed E-state index contributed by atoms with van der Waals surface area (Å²) in [5.41, 5.74) is 4.37. The van der Waals surface area contributed by atoms with Crippen molar-refractivity contribution >= 4 is 40.8 Å². The molecule has 0 fully saturated rings. The first-order valence-electron chi connectivity index (χ1n) is 12.7. The van der Waals surface area contributed by atoms with Crippen molar-refractivity contribution in [3.63, 3.8) is 0 Å². The molecular weight excluding hydrogens is 537 g/mol. The number of aromatic nitrogens is 3. The number of aryl methyl sites for hydroxylation is 1. The van der Waals surface area contributed by atoms with Gasteiger partial charge in [0.1, 0.15) is 0 Å². The Bertz CT molecular complexity index is 1640. The van der Waals surface area contributed by atoms with Gasteiger partial charge in [-0.15, -0.1) is 5.10 Å². The quantitative estimate of drug-likeness (QED) is 0.343. The number of hydrogen-bond donors (Lipinski definition) is 1. The molecule has 198 valence electrons. The number of hydrogen-bond acceptors (Lipinski definition) is 5. The van der Waals surface area contributed by atoms with Gasteiger partial charge in [0, 0.05) is 16.6 Å². The number of rotatable bonds is 7. The summed E-state index contributed by atoms with van der Waals surface area (Å²) in [5.74, 6) is -0.672. The van der Waals surface area contributed by atoms with Crippen LogP contribution in [-0.4, -0.2) is 37.7 Å². The predicted molar refractivity (Wildman–Crippen MR) is 151 cm³/mol. The lowest BCUT2D eigenvalue weighted by Gasteiger charge is -2.27. The minimum absolute atomic E-state index is 0.0179. The lowest BCUT2D eigenvalue weighted by Crippen LogP contribution is -2.37. The van der Waals surface area contributed by atoms with Gasteiger partial charge in [-0.1, -0.05) is 71.7 Å². The highest BCUT2D eigenvalue weighted by molar-refractivity contribution is 6.31. The van der Waals surface area contributed by atoms with Crippen LogP contribution in [-0.2, 0) is 29.7 Å². The van der Waals surface area contributed by atoms with Crippen molar-refractivity contribution in [3.05, 3.63) is 116 Å². The standard InChI is InChI=1S/C29H25Cl2N5O3/c30-22-9-5-19(6-10-22)17-35-28(39)34(16-14-25(37)38)27(33-35)36-18-29(15-13-20-3-1-2-4-24(20)29)26(32-36)21-7-11-23(31)12-8-21/h1-12H,13-18H2,(H,37,38)/t29-/m1/s1. The van der Waals surface area contributed by atoms with Gasteiger partial charge in [-0.2, -0.15) is 5.10 Å². The van der Waals surface area contributed by atoms with E-state index in [0.29, 0.717) is 22.5 Å². The van der Waals surface area contributed by atoms with Gasteiger partial charge in [0.15, 0.2) is 0 Å². The number of hydrazone groups is 1. The van der Waals surface area contributed by atoms with Crippen molar-refractivity contribution in [2.45, 2.75) is 37.8 Å². The number of fused-ring (bicyclic) bond motifs is 2. The van der Waals surface area contributed by atoms with Crippen molar-refractivity contribution in [1.29, 1.82) is 0 Å². The topological polar surface area (TPSA) is 92.7 Å². The first kappa shape index (κ1) is 25.4. The van der Waals surface area contributed by atoms with Crippen molar-refractivity contribution < 1.29 is 9.90 Å². The van der Waals surface area contributed by atoms with E-state index in [2.05, 4.69) is 17.2 Å². The SMILES string of the molecule is O=C(O)CCn1c(N2C[C@@]3(CCc4ccccc43)C(c3ccc(Cl)cc3)=N2)nn(Cc2ccc(Cl)cc2)c1=O. The van der Waals surface area contributed by atoms with Crippen LogP contribution in [0, 0.1) is 0 Å². The van der Waals surface area contributed by atoms with Crippen LogP contribution in [0.15, 0.2) is 82.7 Å². The van der Waals surface area contributed by atoms with Crippen LogP contribution in [0.2, 0.25) is 10.0 Å². The summed E-state index contributed by atoms with van der Waals surface area (Å²) < 4.78 is 2.76.